The van der Waals surface area contributed by atoms with Crippen LogP contribution < -0.4 is 5.32 Å². The molecule has 0 bridgehead atoms. The number of hydrogen-bond acceptors (Lipinski definition) is 3. The van der Waals surface area contributed by atoms with Crippen LogP contribution in [-0.4, -0.2) is 29.1 Å². The predicted molar refractivity (Wildman–Crippen MR) is 62.0 cm³/mol. The van der Waals surface area contributed by atoms with Gasteiger partial charge in [0.2, 0.25) is 0 Å². The zero-order valence-electron chi connectivity index (χ0n) is 9.07. The summed E-state index contributed by atoms with van der Waals surface area (Å²) in [5, 5.41) is 7.76. The van der Waals surface area contributed by atoms with Crippen molar-refractivity contribution in [3.05, 3.63) is 12.4 Å². The van der Waals surface area contributed by atoms with Crippen molar-refractivity contribution in [3.8, 4) is 0 Å². The van der Waals surface area contributed by atoms with Gasteiger partial charge in [0, 0.05) is 30.7 Å². The maximum absolute atomic E-state index is 4.38. The number of thioether (sulfide) groups is 1. The molecule has 0 aromatic carbocycles. The van der Waals surface area contributed by atoms with Gasteiger partial charge in [-0.2, -0.15) is 5.10 Å². The van der Waals surface area contributed by atoms with E-state index in [0.717, 1.165) is 12.5 Å². The van der Waals surface area contributed by atoms with Crippen LogP contribution in [0.2, 0.25) is 0 Å². The zero-order valence-corrected chi connectivity index (χ0v) is 9.89. The largest absolute Gasteiger partial charge is 0.316 e. The zero-order chi connectivity index (χ0) is 10.3. The van der Waals surface area contributed by atoms with Crippen LogP contribution in [0.15, 0.2) is 17.3 Å². The summed E-state index contributed by atoms with van der Waals surface area (Å²) in [6, 6.07) is 0. The minimum Gasteiger partial charge on any atom is -0.316 e. The van der Waals surface area contributed by atoms with Crippen molar-refractivity contribution < 1.29 is 0 Å². The van der Waals surface area contributed by atoms with Gasteiger partial charge in [-0.15, -0.1) is 11.8 Å². The van der Waals surface area contributed by atoms with E-state index in [1.165, 1.54) is 30.8 Å². The lowest BCUT2D eigenvalue weighted by molar-refractivity contribution is -0.00864. The lowest BCUT2D eigenvalue weighted by atomic mass is 9.58. The van der Waals surface area contributed by atoms with Crippen molar-refractivity contribution in [2.75, 3.05) is 19.3 Å². The van der Waals surface area contributed by atoms with Crippen molar-refractivity contribution >= 4 is 11.8 Å². The Kier molecular flexibility index (Phi) is 2.29. The topological polar surface area (TPSA) is 29.9 Å². The molecule has 0 amide bonds. The Bertz CT molecular complexity index is 348. The fraction of sp³-hybridized carbons (Fsp3) is 0.727. The van der Waals surface area contributed by atoms with Crippen LogP contribution >= 0.6 is 11.8 Å². The fourth-order valence-electron chi connectivity index (χ4n) is 2.88. The molecule has 1 saturated heterocycles. The second kappa shape index (κ2) is 3.52. The monoisotopic (exact) mass is 223 g/mol. The van der Waals surface area contributed by atoms with E-state index < -0.39 is 0 Å². The van der Waals surface area contributed by atoms with E-state index in [2.05, 4.69) is 27.5 Å². The molecule has 4 heteroatoms. The fourth-order valence-corrected chi connectivity index (χ4v) is 3.26. The standard InChI is InChI=1S/C11H17N3S/c1-15-10-4-13-14(6-10)5-9-2-11(3-9)7-12-8-11/h4,6,9,12H,2-3,5,7-8H2,1H3. The Hall–Kier alpha value is -0.480. The number of aromatic nitrogens is 2. The van der Waals surface area contributed by atoms with Crippen LogP contribution in [0.1, 0.15) is 12.8 Å². The first kappa shape index (κ1) is 9.73. The first-order chi connectivity index (χ1) is 7.30. The van der Waals surface area contributed by atoms with Crippen LogP contribution in [0.4, 0.5) is 0 Å². The molecule has 1 aliphatic carbocycles. The molecule has 3 nitrogen and oxygen atoms in total. The number of hydrogen-bond donors (Lipinski definition) is 1. The smallest absolute Gasteiger partial charge is 0.0625 e. The van der Waals surface area contributed by atoms with Gasteiger partial charge in [0.15, 0.2) is 0 Å². The van der Waals surface area contributed by atoms with Gasteiger partial charge in [-0.05, 0) is 30.4 Å². The van der Waals surface area contributed by atoms with Crippen LogP contribution in [0.25, 0.3) is 0 Å². The molecular weight excluding hydrogens is 206 g/mol. The van der Waals surface area contributed by atoms with Crippen molar-refractivity contribution in [2.24, 2.45) is 11.3 Å². The molecule has 1 N–H and O–H groups in total. The highest BCUT2D eigenvalue weighted by Crippen LogP contribution is 2.48. The normalized spacial score (nSPS) is 23.8. The molecule has 82 valence electrons. The van der Waals surface area contributed by atoms with E-state index in [1.807, 2.05) is 6.20 Å². The molecule has 0 unspecified atom stereocenters. The molecular formula is C11H17N3S. The number of rotatable bonds is 3. The highest BCUT2D eigenvalue weighted by molar-refractivity contribution is 7.98. The molecule has 15 heavy (non-hydrogen) atoms. The molecule has 2 aliphatic rings. The van der Waals surface area contributed by atoms with Crippen LogP contribution in [0.3, 0.4) is 0 Å². The lowest BCUT2D eigenvalue weighted by Gasteiger charge is -2.54. The molecule has 1 aromatic heterocycles. The Morgan fingerprint density at radius 1 is 1.60 bits per heavy atom. The maximum atomic E-state index is 4.38. The van der Waals surface area contributed by atoms with Gasteiger partial charge in [0.05, 0.1) is 6.20 Å². The van der Waals surface area contributed by atoms with E-state index >= 15 is 0 Å². The molecule has 2 heterocycles. The number of nitrogens with one attached hydrogen (secondary N) is 1. The second-order valence-corrected chi connectivity index (χ2v) is 5.86. The minimum absolute atomic E-state index is 0.695. The van der Waals surface area contributed by atoms with Gasteiger partial charge in [-0.1, -0.05) is 0 Å². The summed E-state index contributed by atoms with van der Waals surface area (Å²) < 4.78 is 2.11. The maximum Gasteiger partial charge on any atom is 0.0625 e. The SMILES string of the molecule is CSc1cnn(CC2CC3(CNC3)C2)c1. The van der Waals surface area contributed by atoms with Gasteiger partial charge in [-0.25, -0.2) is 0 Å². The number of nitrogens with zero attached hydrogens (tertiary/aromatic N) is 2. The predicted octanol–water partition coefficient (Wildman–Crippen LogP) is 1.60. The summed E-state index contributed by atoms with van der Waals surface area (Å²) in [7, 11) is 0. The Labute approximate surface area is 94.6 Å². The first-order valence-electron chi connectivity index (χ1n) is 5.57. The Morgan fingerprint density at radius 3 is 2.93 bits per heavy atom. The highest BCUT2D eigenvalue weighted by atomic mass is 32.2. The molecule has 1 spiro atoms. The highest BCUT2D eigenvalue weighted by Gasteiger charge is 2.48. The summed E-state index contributed by atoms with van der Waals surface area (Å²) in [5.41, 5.74) is 0.695. The molecule has 0 radical (unpaired) electrons. The third-order valence-corrected chi connectivity index (χ3v) is 4.42. The van der Waals surface area contributed by atoms with Gasteiger partial charge in [0.1, 0.15) is 0 Å². The van der Waals surface area contributed by atoms with Crippen molar-refractivity contribution in [3.63, 3.8) is 0 Å². The van der Waals surface area contributed by atoms with E-state index in [1.54, 1.807) is 11.8 Å². The average molecular weight is 223 g/mol. The molecule has 0 atom stereocenters. The molecule has 1 saturated carbocycles. The van der Waals surface area contributed by atoms with Gasteiger partial charge >= 0.3 is 0 Å². The Morgan fingerprint density at radius 2 is 2.40 bits per heavy atom. The quantitative estimate of drug-likeness (QED) is 0.790. The van der Waals surface area contributed by atoms with Gasteiger partial charge in [0.25, 0.3) is 0 Å². The average Bonchev–Trinajstić information content (AvgIpc) is 2.55. The third-order valence-electron chi connectivity index (χ3n) is 3.73. The van der Waals surface area contributed by atoms with E-state index in [-0.39, 0.29) is 0 Å². The van der Waals surface area contributed by atoms with Crippen molar-refractivity contribution in [2.45, 2.75) is 24.3 Å². The molecule has 3 rings (SSSR count). The van der Waals surface area contributed by atoms with Crippen molar-refractivity contribution in [1.82, 2.24) is 15.1 Å². The van der Waals surface area contributed by atoms with Crippen LogP contribution in [0.5, 0.6) is 0 Å². The minimum atomic E-state index is 0.695. The first-order valence-corrected chi connectivity index (χ1v) is 6.79. The summed E-state index contributed by atoms with van der Waals surface area (Å²) >= 11 is 1.76. The molecule has 1 aromatic rings. The second-order valence-electron chi connectivity index (χ2n) is 4.98. The van der Waals surface area contributed by atoms with E-state index in [0.29, 0.717) is 5.41 Å². The van der Waals surface area contributed by atoms with Crippen molar-refractivity contribution in [1.29, 1.82) is 0 Å². The lowest BCUT2D eigenvalue weighted by Crippen LogP contribution is -2.60. The van der Waals surface area contributed by atoms with E-state index in [4.69, 9.17) is 0 Å². The Balaban J connectivity index is 1.54. The summed E-state index contributed by atoms with van der Waals surface area (Å²) in [5.74, 6) is 0.863. The van der Waals surface area contributed by atoms with Gasteiger partial charge in [-0.3, -0.25) is 4.68 Å². The summed E-state index contributed by atoms with van der Waals surface area (Å²) in [6.07, 6.45) is 9.02. The molecule has 2 fully saturated rings. The third kappa shape index (κ3) is 1.70. The van der Waals surface area contributed by atoms with E-state index in [9.17, 15) is 0 Å². The summed E-state index contributed by atoms with van der Waals surface area (Å²) in [4.78, 5) is 1.27. The van der Waals surface area contributed by atoms with Crippen LogP contribution in [-0.2, 0) is 6.54 Å². The molecule has 1 aliphatic heterocycles. The van der Waals surface area contributed by atoms with Gasteiger partial charge < -0.3 is 5.32 Å². The summed E-state index contributed by atoms with van der Waals surface area (Å²) in [6.45, 7) is 3.61. The van der Waals surface area contributed by atoms with Crippen LogP contribution in [0, 0.1) is 11.3 Å².